The number of fused-ring (bicyclic) bond motifs is 4. The molecule has 1 aromatic carbocycles. The first kappa shape index (κ1) is 23.3. The van der Waals surface area contributed by atoms with Gasteiger partial charge in [0.15, 0.2) is 0 Å². The van der Waals surface area contributed by atoms with Gasteiger partial charge < -0.3 is 15.1 Å². The number of benzene rings is 1. The number of thiophene rings is 1. The number of amides is 1. The van der Waals surface area contributed by atoms with Crippen LogP contribution in [0, 0.1) is 5.92 Å². The van der Waals surface area contributed by atoms with Gasteiger partial charge in [0, 0.05) is 24.4 Å². The summed E-state index contributed by atoms with van der Waals surface area (Å²) >= 11 is 9.50. The van der Waals surface area contributed by atoms with Crippen LogP contribution < -0.4 is 5.32 Å². The van der Waals surface area contributed by atoms with Gasteiger partial charge in [-0.2, -0.15) is 0 Å². The van der Waals surface area contributed by atoms with E-state index in [4.69, 9.17) is 11.6 Å². The minimum atomic E-state index is 0.0185. The molecule has 0 radical (unpaired) electrons. The van der Waals surface area contributed by atoms with E-state index in [-0.39, 0.29) is 11.8 Å². The molecule has 0 spiro atoms. The highest BCUT2D eigenvalue weighted by atomic mass is 35.5. The lowest BCUT2D eigenvalue weighted by molar-refractivity contribution is -0.134. The summed E-state index contributed by atoms with van der Waals surface area (Å²) in [5, 5.41) is 9.10. The molecule has 0 saturated carbocycles. The minimum Gasteiger partial charge on any atom is -0.345 e. The zero-order valence-corrected chi connectivity index (χ0v) is 21.7. The zero-order chi connectivity index (χ0) is 23.8. The summed E-state index contributed by atoms with van der Waals surface area (Å²) in [4.78, 5) is 28.4. The Bertz CT molecular complexity index is 1350. The Labute approximate surface area is 211 Å². The molecule has 5 rings (SSSR count). The number of hydrogen-bond acceptors (Lipinski definition) is 9. The minimum absolute atomic E-state index is 0.0185. The normalized spacial score (nSPS) is 15.7. The average Bonchev–Trinajstić information content (AvgIpc) is 3.42. The number of hydrogen-bond donors (Lipinski definition) is 1. The zero-order valence-electron chi connectivity index (χ0n) is 19.3. The highest BCUT2D eigenvalue weighted by molar-refractivity contribution is 7.19. The topological polar surface area (TPSA) is 87.1 Å². The van der Waals surface area contributed by atoms with Gasteiger partial charge in [0.05, 0.1) is 20.8 Å². The molecule has 178 valence electrons. The van der Waals surface area contributed by atoms with Gasteiger partial charge in [-0.05, 0) is 75.6 Å². The molecule has 1 atom stereocenters. The van der Waals surface area contributed by atoms with Crippen LogP contribution in [-0.2, 0) is 17.6 Å². The van der Waals surface area contributed by atoms with Crippen LogP contribution in [0.3, 0.4) is 0 Å². The highest BCUT2D eigenvalue weighted by Gasteiger charge is 2.30. The molecule has 0 unspecified atom stereocenters. The van der Waals surface area contributed by atoms with Crippen molar-refractivity contribution in [2.24, 2.45) is 5.92 Å². The van der Waals surface area contributed by atoms with E-state index in [1.54, 1.807) is 17.7 Å². The SMILES string of the molecule is CN(C)CCCN(C)C(=O)[C@H]1CCc2c(sc3ncnc(Nc4cc5snnc5cc4Cl)c23)C1. The third-order valence-corrected chi connectivity index (χ3v) is 8.42. The fourth-order valence-corrected chi connectivity index (χ4v) is 6.54. The molecular formula is C23H26ClN7OS2. The molecule has 11 heteroatoms. The monoisotopic (exact) mass is 515 g/mol. The smallest absolute Gasteiger partial charge is 0.225 e. The van der Waals surface area contributed by atoms with Gasteiger partial charge in [0.25, 0.3) is 0 Å². The summed E-state index contributed by atoms with van der Waals surface area (Å²) in [7, 11) is 6.03. The molecule has 34 heavy (non-hydrogen) atoms. The molecule has 8 nitrogen and oxygen atoms in total. The summed E-state index contributed by atoms with van der Waals surface area (Å²) < 4.78 is 4.95. The van der Waals surface area contributed by atoms with Gasteiger partial charge in [-0.15, -0.1) is 16.4 Å². The molecule has 1 aliphatic rings. The van der Waals surface area contributed by atoms with Crippen molar-refractivity contribution in [2.75, 3.05) is 39.5 Å². The van der Waals surface area contributed by atoms with E-state index in [1.165, 1.54) is 22.0 Å². The maximum atomic E-state index is 13.1. The Kier molecular flexibility index (Phi) is 6.65. The van der Waals surface area contributed by atoms with Crippen LogP contribution in [0.2, 0.25) is 5.02 Å². The molecule has 0 aliphatic heterocycles. The predicted molar refractivity (Wildman–Crippen MR) is 139 cm³/mol. The maximum Gasteiger partial charge on any atom is 0.225 e. The molecule has 3 aromatic heterocycles. The average molecular weight is 516 g/mol. The molecule has 0 bridgehead atoms. The van der Waals surface area contributed by atoms with E-state index < -0.39 is 0 Å². The molecule has 4 aromatic rings. The van der Waals surface area contributed by atoms with Gasteiger partial charge in [-0.1, -0.05) is 16.1 Å². The Morgan fingerprint density at radius 3 is 2.91 bits per heavy atom. The number of aryl methyl sites for hydroxylation is 1. The van der Waals surface area contributed by atoms with Gasteiger partial charge in [0.1, 0.15) is 22.5 Å². The number of aromatic nitrogens is 4. The van der Waals surface area contributed by atoms with E-state index >= 15 is 0 Å². The molecule has 0 fully saturated rings. The summed E-state index contributed by atoms with van der Waals surface area (Å²) in [6.45, 7) is 1.76. The van der Waals surface area contributed by atoms with E-state index in [2.05, 4.69) is 43.9 Å². The second-order valence-corrected chi connectivity index (χ2v) is 11.2. The van der Waals surface area contributed by atoms with Gasteiger partial charge in [-0.25, -0.2) is 9.97 Å². The second kappa shape index (κ2) is 9.69. The van der Waals surface area contributed by atoms with Crippen molar-refractivity contribution in [3.63, 3.8) is 0 Å². The molecule has 1 amide bonds. The number of nitrogens with one attached hydrogen (secondary N) is 1. The Morgan fingerprint density at radius 2 is 2.09 bits per heavy atom. The third-order valence-electron chi connectivity index (χ3n) is 6.26. The Hall–Kier alpha value is -2.40. The maximum absolute atomic E-state index is 13.1. The molecule has 1 N–H and O–H groups in total. The quantitative estimate of drug-likeness (QED) is 0.384. The number of nitrogens with zero attached hydrogens (tertiary/aromatic N) is 6. The van der Waals surface area contributed by atoms with Crippen molar-refractivity contribution in [2.45, 2.75) is 25.7 Å². The van der Waals surface area contributed by atoms with Crippen LogP contribution in [0.4, 0.5) is 11.5 Å². The van der Waals surface area contributed by atoms with Crippen LogP contribution in [0.1, 0.15) is 23.3 Å². The van der Waals surface area contributed by atoms with Gasteiger partial charge in [0.2, 0.25) is 5.91 Å². The van der Waals surface area contributed by atoms with E-state index in [1.807, 2.05) is 24.1 Å². The van der Waals surface area contributed by atoms with E-state index in [0.29, 0.717) is 5.02 Å². The molecule has 1 aliphatic carbocycles. The third kappa shape index (κ3) is 4.59. The van der Waals surface area contributed by atoms with Crippen LogP contribution >= 0.6 is 34.5 Å². The van der Waals surface area contributed by atoms with Crippen molar-refractivity contribution < 1.29 is 4.79 Å². The van der Waals surface area contributed by atoms with Gasteiger partial charge >= 0.3 is 0 Å². The van der Waals surface area contributed by atoms with Crippen LogP contribution in [0.5, 0.6) is 0 Å². The standard InChI is InChI=1S/C23H26ClN7OS2/c1-30(2)7-4-8-31(3)23(32)13-5-6-14-18(9-13)33-22-20(14)21(25-12-26-22)27-16-11-19-17(10-15(16)24)28-29-34-19/h10-13H,4-9H2,1-3H3,(H,25,26,27)/t13-/m0/s1. The van der Waals surface area contributed by atoms with Crippen molar-refractivity contribution in [3.05, 3.63) is 33.9 Å². The van der Waals surface area contributed by atoms with Crippen molar-refractivity contribution in [1.82, 2.24) is 29.4 Å². The van der Waals surface area contributed by atoms with Crippen LogP contribution in [0.15, 0.2) is 18.5 Å². The second-order valence-electron chi connectivity index (χ2n) is 8.96. The first-order valence-corrected chi connectivity index (χ1v) is 13.2. The van der Waals surface area contributed by atoms with Crippen LogP contribution in [-0.4, -0.2) is 69.5 Å². The number of rotatable bonds is 7. The Balaban J connectivity index is 1.38. The Morgan fingerprint density at radius 1 is 1.24 bits per heavy atom. The summed E-state index contributed by atoms with van der Waals surface area (Å²) in [5.41, 5.74) is 2.80. The number of carbonyl (C=O) groups is 1. The molecule has 0 saturated heterocycles. The molecular weight excluding hydrogens is 490 g/mol. The lowest BCUT2D eigenvalue weighted by Crippen LogP contribution is -2.36. The largest absolute Gasteiger partial charge is 0.345 e. The predicted octanol–water partition coefficient (Wildman–Crippen LogP) is 4.61. The number of halogens is 1. The lowest BCUT2D eigenvalue weighted by Gasteiger charge is -2.27. The van der Waals surface area contributed by atoms with Crippen LogP contribution in [0.25, 0.3) is 20.4 Å². The van der Waals surface area contributed by atoms with Crippen molar-refractivity contribution in [1.29, 1.82) is 0 Å². The summed E-state index contributed by atoms with van der Waals surface area (Å²) in [6, 6.07) is 3.77. The lowest BCUT2D eigenvalue weighted by atomic mass is 9.87. The molecule has 3 heterocycles. The van der Waals surface area contributed by atoms with Gasteiger partial charge in [-0.3, -0.25) is 4.79 Å². The number of carbonyl (C=O) groups excluding carboxylic acids is 1. The fraction of sp³-hybridized carbons (Fsp3) is 0.435. The van der Waals surface area contributed by atoms with Crippen molar-refractivity contribution in [3.8, 4) is 0 Å². The summed E-state index contributed by atoms with van der Waals surface area (Å²) in [5.74, 6) is 1.00. The highest BCUT2D eigenvalue weighted by Crippen LogP contribution is 2.41. The van der Waals surface area contributed by atoms with E-state index in [0.717, 1.165) is 70.7 Å². The first-order valence-electron chi connectivity index (χ1n) is 11.2. The fourth-order valence-electron chi connectivity index (χ4n) is 4.49. The first-order chi connectivity index (χ1) is 16.4. The van der Waals surface area contributed by atoms with E-state index in [9.17, 15) is 4.79 Å². The number of anilines is 2. The van der Waals surface area contributed by atoms with Crippen molar-refractivity contribution >= 4 is 72.3 Å². The summed E-state index contributed by atoms with van der Waals surface area (Å²) in [6.07, 6.45) is 4.99.